The highest BCUT2D eigenvalue weighted by Crippen LogP contribution is 2.34. The zero-order valence-electron chi connectivity index (χ0n) is 8.92. The van der Waals surface area contributed by atoms with E-state index in [-0.39, 0.29) is 11.9 Å². The van der Waals surface area contributed by atoms with Gasteiger partial charge >= 0.3 is 0 Å². The lowest BCUT2D eigenvalue weighted by Crippen LogP contribution is -2.31. The van der Waals surface area contributed by atoms with Gasteiger partial charge in [-0.1, -0.05) is 13.3 Å². The molecular weight excluding hydrogens is 176 g/mol. The topological polar surface area (TPSA) is 41.5 Å². The summed E-state index contributed by atoms with van der Waals surface area (Å²) in [5, 5.41) is 2.90. The number of amides is 1. The van der Waals surface area contributed by atoms with Crippen molar-refractivity contribution in [2.24, 2.45) is 16.8 Å². The van der Waals surface area contributed by atoms with Crippen LogP contribution in [-0.2, 0) is 4.79 Å². The Kier molecular flexibility index (Phi) is 2.57. The van der Waals surface area contributed by atoms with E-state index in [9.17, 15) is 4.79 Å². The summed E-state index contributed by atoms with van der Waals surface area (Å²) in [6.45, 7) is 4.10. The lowest BCUT2D eigenvalue weighted by atomic mass is 10.0. The molecule has 78 valence electrons. The first kappa shape index (κ1) is 9.69. The van der Waals surface area contributed by atoms with Crippen LogP contribution in [0.3, 0.4) is 0 Å². The molecule has 3 atom stereocenters. The summed E-state index contributed by atoms with van der Waals surface area (Å²) in [5.74, 6) is 2.39. The molecule has 3 nitrogen and oxygen atoms in total. The molecule has 2 rings (SSSR count). The monoisotopic (exact) mass is 194 g/mol. The molecule has 0 aromatic rings. The Morgan fingerprint density at radius 2 is 2.29 bits per heavy atom. The Hall–Kier alpha value is -0.860. The molecule has 1 saturated carbocycles. The van der Waals surface area contributed by atoms with Crippen LogP contribution in [-0.4, -0.2) is 17.8 Å². The van der Waals surface area contributed by atoms with Crippen LogP contribution in [0.25, 0.3) is 0 Å². The van der Waals surface area contributed by atoms with E-state index < -0.39 is 0 Å². The van der Waals surface area contributed by atoms with E-state index in [1.165, 1.54) is 25.7 Å². The first-order valence-corrected chi connectivity index (χ1v) is 5.59. The number of aliphatic imine (C=N–C) groups is 1. The third kappa shape index (κ3) is 1.68. The maximum Gasteiger partial charge on any atom is 0.249 e. The number of rotatable bonds is 2. The smallest absolute Gasteiger partial charge is 0.249 e. The van der Waals surface area contributed by atoms with E-state index in [0.717, 1.165) is 11.8 Å². The number of nitrogens with one attached hydrogen (secondary N) is 1. The maximum absolute atomic E-state index is 11.3. The van der Waals surface area contributed by atoms with Gasteiger partial charge in [0.15, 0.2) is 0 Å². The van der Waals surface area contributed by atoms with Gasteiger partial charge in [0.1, 0.15) is 11.9 Å². The van der Waals surface area contributed by atoms with Crippen LogP contribution in [0.5, 0.6) is 0 Å². The van der Waals surface area contributed by atoms with Crippen LogP contribution in [0, 0.1) is 11.8 Å². The van der Waals surface area contributed by atoms with E-state index in [0.29, 0.717) is 5.92 Å². The normalized spacial score (nSPS) is 37.1. The summed E-state index contributed by atoms with van der Waals surface area (Å²) in [5.41, 5.74) is 0. The lowest BCUT2D eigenvalue weighted by molar-refractivity contribution is -0.119. The molecule has 0 aromatic heterocycles. The number of hydrogen-bond donors (Lipinski definition) is 1. The van der Waals surface area contributed by atoms with Gasteiger partial charge in [-0.3, -0.25) is 9.79 Å². The van der Waals surface area contributed by atoms with Gasteiger partial charge < -0.3 is 5.32 Å². The summed E-state index contributed by atoms with van der Waals surface area (Å²) >= 11 is 0. The van der Waals surface area contributed by atoms with Crippen molar-refractivity contribution in [3.63, 3.8) is 0 Å². The number of carbonyl (C=O) groups excluding carboxylic acids is 1. The standard InChI is InChI=1S/C11H18N2O/c1-3-8-4-5-9(6-8)10-12-7(2)11(14)13-10/h7-9H,3-6H2,1-2H3,(H,12,13,14). The van der Waals surface area contributed by atoms with Gasteiger partial charge in [0.2, 0.25) is 5.91 Å². The fraction of sp³-hybridized carbons (Fsp3) is 0.818. The van der Waals surface area contributed by atoms with Gasteiger partial charge in [0.25, 0.3) is 0 Å². The quantitative estimate of drug-likeness (QED) is 0.714. The Morgan fingerprint density at radius 1 is 1.50 bits per heavy atom. The van der Waals surface area contributed by atoms with E-state index >= 15 is 0 Å². The number of carbonyl (C=O) groups is 1. The SMILES string of the molecule is CCC1CCC(C2=NC(C)C(=O)N2)C1. The van der Waals surface area contributed by atoms with Gasteiger partial charge in [-0.15, -0.1) is 0 Å². The van der Waals surface area contributed by atoms with E-state index in [1.807, 2.05) is 6.92 Å². The molecule has 3 heteroatoms. The van der Waals surface area contributed by atoms with Gasteiger partial charge in [-0.05, 0) is 32.1 Å². The van der Waals surface area contributed by atoms with Crippen LogP contribution < -0.4 is 5.32 Å². The molecule has 2 aliphatic rings. The minimum atomic E-state index is -0.161. The summed E-state index contributed by atoms with van der Waals surface area (Å²) < 4.78 is 0. The second kappa shape index (κ2) is 3.71. The first-order valence-electron chi connectivity index (χ1n) is 5.59. The Labute approximate surface area is 85.0 Å². The third-order valence-corrected chi connectivity index (χ3v) is 3.47. The average molecular weight is 194 g/mol. The number of nitrogens with zero attached hydrogens (tertiary/aromatic N) is 1. The highest BCUT2D eigenvalue weighted by atomic mass is 16.2. The Bertz CT molecular complexity index is 272. The highest BCUT2D eigenvalue weighted by Gasteiger charge is 2.32. The van der Waals surface area contributed by atoms with Crippen LogP contribution in [0.2, 0.25) is 0 Å². The fourth-order valence-corrected chi connectivity index (χ4v) is 2.43. The number of hydrogen-bond acceptors (Lipinski definition) is 2. The Balaban J connectivity index is 1.98. The molecule has 1 heterocycles. The molecule has 3 unspecified atom stereocenters. The highest BCUT2D eigenvalue weighted by molar-refractivity contribution is 6.06. The second-order valence-electron chi connectivity index (χ2n) is 4.46. The second-order valence-corrected chi connectivity index (χ2v) is 4.46. The van der Waals surface area contributed by atoms with Crippen LogP contribution >= 0.6 is 0 Å². The van der Waals surface area contributed by atoms with Crippen LogP contribution in [0.15, 0.2) is 4.99 Å². The molecule has 1 N–H and O–H groups in total. The van der Waals surface area contributed by atoms with Crippen molar-refractivity contribution in [3.05, 3.63) is 0 Å². The van der Waals surface area contributed by atoms with Crippen molar-refractivity contribution in [1.82, 2.24) is 5.32 Å². The summed E-state index contributed by atoms with van der Waals surface area (Å²) in [4.78, 5) is 15.6. The van der Waals surface area contributed by atoms with Gasteiger partial charge in [-0.25, -0.2) is 0 Å². The van der Waals surface area contributed by atoms with Crippen molar-refractivity contribution in [1.29, 1.82) is 0 Å². The van der Waals surface area contributed by atoms with E-state index in [4.69, 9.17) is 0 Å². The molecular formula is C11H18N2O. The molecule has 14 heavy (non-hydrogen) atoms. The molecule has 1 aliphatic heterocycles. The van der Waals surface area contributed by atoms with Crippen molar-refractivity contribution in [2.45, 2.75) is 45.6 Å². The molecule has 0 radical (unpaired) electrons. The maximum atomic E-state index is 11.3. The fourth-order valence-electron chi connectivity index (χ4n) is 2.43. The van der Waals surface area contributed by atoms with Crippen molar-refractivity contribution in [3.8, 4) is 0 Å². The van der Waals surface area contributed by atoms with Crippen LogP contribution in [0.1, 0.15) is 39.5 Å². The van der Waals surface area contributed by atoms with E-state index in [2.05, 4.69) is 17.2 Å². The molecule has 0 aromatic carbocycles. The summed E-state index contributed by atoms with van der Waals surface area (Å²) in [7, 11) is 0. The minimum absolute atomic E-state index is 0.0694. The minimum Gasteiger partial charge on any atom is -0.312 e. The molecule has 0 saturated heterocycles. The lowest BCUT2D eigenvalue weighted by Gasteiger charge is -2.09. The van der Waals surface area contributed by atoms with Crippen molar-refractivity contribution in [2.75, 3.05) is 0 Å². The van der Waals surface area contributed by atoms with Gasteiger partial charge in [-0.2, -0.15) is 0 Å². The third-order valence-electron chi connectivity index (χ3n) is 3.47. The average Bonchev–Trinajstić information content (AvgIpc) is 2.74. The van der Waals surface area contributed by atoms with Gasteiger partial charge in [0.05, 0.1) is 0 Å². The molecule has 0 spiro atoms. The van der Waals surface area contributed by atoms with Crippen LogP contribution in [0.4, 0.5) is 0 Å². The largest absolute Gasteiger partial charge is 0.312 e. The summed E-state index contributed by atoms with van der Waals surface area (Å²) in [6, 6.07) is -0.161. The summed E-state index contributed by atoms with van der Waals surface area (Å²) in [6.07, 6.45) is 4.96. The first-order chi connectivity index (χ1) is 6.70. The van der Waals surface area contributed by atoms with Gasteiger partial charge in [0, 0.05) is 5.92 Å². The molecule has 1 aliphatic carbocycles. The number of amidine groups is 1. The zero-order valence-corrected chi connectivity index (χ0v) is 8.92. The van der Waals surface area contributed by atoms with Crippen molar-refractivity contribution >= 4 is 11.7 Å². The predicted molar refractivity (Wildman–Crippen MR) is 56.2 cm³/mol. The molecule has 0 bridgehead atoms. The van der Waals surface area contributed by atoms with E-state index in [1.54, 1.807) is 0 Å². The molecule has 1 fully saturated rings. The Morgan fingerprint density at radius 3 is 2.79 bits per heavy atom. The molecule has 1 amide bonds. The van der Waals surface area contributed by atoms with Crippen molar-refractivity contribution < 1.29 is 4.79 Å². The zero-order chi connectivity index (χ0) is 10.1. The predicted octanol–water partition coefficient (Wildman–Crippen LogP) is 1.73.